The molecule has 0 saturated carbocycles. The molecule has 0 aliphatic carbocycles. The van der Waals surface area contributed by atoms with Gasteiger partial charge in [-0.2, -0.15) is 0 Å². The summed E-state index contributed by atoms with van der Waals surface area (Å²) in [7, 11) is 0. The second kappa shape index (κ2) is 12.8. The number of rotatable bonds is 12. The Labute approximate surface area is 163 Å². The molecule has 10 nitrogen and oxygen atoms in total. The van der Waals surface area contributed by atoms with Crippen molar-refractivity contribution in [1.29, 1.82) is 0 Å². The quantitative estimate of drug-likeness (QED) is 0.258. The first-order chi connectivity index (χ1) is 13.0. The first-order valence-electron chi connectivity index (χ1n) is 8.69. The topological polar surface area (TPSA) is 132 Å². The average Bonchev–Trinajstić information content (AvgIpc) is 2.55. The number of esters is 4. The summed E-state index contributed by atoms with van der Waals surface area (Å²) in [5, 5.41) is 0. The number of ether oxygens (including phenoxy) is 5. The van der Waals surface area contributed by atoms with Crippen molar-refractivity contribution in [2.75, 3.05) is 13.2 Å². The summed E-state index contributed by atoms with van der Waals surface area (Å²) in [4.78, 5) is 57.4. The predicted molar refractivity (Wildman–Crippen MR) is 93.9 cm³/mol. The van der Waals surface area contributed by atoms with E-state index in [0.29, 0.717) is 6.29 Å². The van der Waals surface area contributed by atoms with Crippen molar-refractivity contribution in [2.24, 2.45) is 5.92 Å². The Morgan fingerprint density at radius 3 is 1.64 bits per heavy atom. The summed E-state index contributed by atoms with van der Waals surface area (Å²) in [6.45, 7) is 7.75. The number of hydrogen-bond acceptors (Lipinski definition) is 10. The van der Waals surface area contributed by atoms with Crippen LogP contribution in [0.5, 0.6) is 0 Å². The molecule has 0 aromatic rings. The molecule has 0 N–H and O–H groups in total. The Morgan fingerprint density at radius 1 is 0.750 bits per heavy atom. The number of aldehydes is 1. The van der Waals surface area contributed by atoms with Crippen molar-refractivity contribution in [3.63, 3.8) is 0 Å². The predicted octanol–water partition coefficient (Wildman–Crippen LogP) is 0.585. The number of hydrogen-bond donors (Lipinski definition) is 0. The second-order valence-electron chi connectivity index (χ2n) is 6.43. The van der Waals surface area contributed by atoms with Crippen LogP contribution in [0.25, 0.3) is 0 Å². The Bertz CT molecular complexity index is 557. The minimum atomic E-state index is -1.45. The zero-order valence-corrected chi connectivity index (χ0v) is 17.0. The highest BCUT2D eigenvalue weighted by molar-refractivity contribution is 5.69. The van der Waals surface area contributed by atoms with E-state index in [1.54, 1.807) is 0 Å². The average molecular weight is 404 g/mol. The van der Waals surface area contributed by atoms with Crippen LogP contribution >= 0.6 is 0 Å². The van der Waals surface area contributed by atoms with Crippen LogP contribution in [0.4, 0.5) is 0 Å². The molecule has 0 aliphatic rings. The maximum Gasteiger partial charge on any atom is 0.303 e. The minimum absolute atomic E-state index is 0.0536. The molecule has 28 heavy (non-hydrogen) atoms. The van der Waals surface area contributed by atoms with Gasteiger partial charge in [0.15, 0.2) is 30.7 Å². The molecule has 0 rings (SSSR count). The van der Waals surface area contributed by atoms with Crippen LogP contribution in [0.3, 0.4) is 0 Å². The van der Waals surface area contributed by atoms with Gasteiger partial charge in [0.25, 0.3) is 0 Å². The van der Waals surface area contributed by atoms with Crippen molar-refractivity contribution in [3.8, 4) is 0 Å². The van der Waals surface area contributed by atoms with Crippen LogP contribution in [-0.4, -0.2) is 67.8 Å². The first-order valence-corrected chi connectivity index (χ1v) is 8.69. The molecule has 0 fully saturated rings. The van der Waals surface area contributed by atoms with Crippen LogP contribution in [0.15, 0.2) is 0 Å². The fourth-order valence-electron chi connectivity index (χ4n) is 2.18. The highest BCUT2D eigenvalue weighted by Crippen LogP contribution is 2.19. The van der Waals surface area contributed by atoms with E-state index >= 15 is 0 Å². The lowest BCUT2D eigenvalue weighted by molar-refractivity contribution is -0.200. The van der Waals surface area contributed by atoms with E-state index in [1.807, 2.05) is 13.8 Å². The van der Waals surface area contributed by atoms with Gasteiger partial charge in [-0.05, 0) is 5.92 Å². The van der Waals surface area contributed by atoms with Gasteiger partial charge in [-0.3, -0.25) is 19.2 Å². The van der Waals surface area contributed by atoms with E-state index in [9.17, 15) is 24.0 Å². The van der Waals surface area contributed by atoms with E-state index in [4.69, 9.17) is 23.7 Å². The largest absolute Gasteiger partial charge is 0.462 e. The van der Waals surface area contributed by atoms with Crippen LogP contribution in [0.1, 0.15) is 41.5 Å². The third kappa shape index (κ3) is 10.6. The van der Waals surface area contributed by atoms with Crippen molar-refractivity contribution >= 4 is 30.2 Å². The molecule has 10 heteroatoms. The van der Waals surface area contributed by atoms with Crippen LogP contribution in [0.2, 0.25) is 0 Å². The van der Waals surface area contributed by atoms with Crippen molar-refractivity contribution in [2.45, 2.75) is 66.0 Å². The fourth-order valence-corrected chi connectivity index (χ4v) is 2.18. The molecule has 0 aliphatic heterocycles. The summed E-state index contributed by atoms with van der Waals surface area (Å²) < 4.78 is 25.8. The van der Waals surface area contributed by atoms with Gasteiger partial charge in [-0.25, -0.2) is 0 Å². The molecule has 0 unspecified atom stereocenters. The van der Waals surface area contributed by atoms with Gasteiger partial charge < -0.3 is 28.5 Å². The van der Waals surface area contributed by atoms with Gasteiger partial charge >= 0.3 is 23.9 Å². The molecule has 4 atom stereocenters. The highest BCUT2D eigenvalue weighted by atomic mass is 16.6. The lowest BCUT2D eigenvalue weighted by Gasteiger charge is -2.34. The molecular weight excluding hydrogens is 376 g/mol. The van der Waals surface area contributed by atoms with Crippen LogP contribution in [-0.2, 0) is 47.7 Å². The Kier molecular flexibility index (Phi) is 11.7. The second-order valence-corrected chi connectivity index (χ2v) is 6.43. The van der Waals surface area contributed by atoms with E-state index in [1.165, 1.54) is 0 Å². The maximum absolute atomic E-state index is 11.6. The highest BCUT2D eigenvalue weighted by Gasteiger charge is 2.43. The van der Waals surface area contributed by atoms with Gasteiger partial charge in [0.1, 0.15) is 6.61 Å². The van der Waals surface area contributed by atoms with Crippen LogP contribution < -0.4 is 0 Å². The summed E-state index contributed by atoms with van der Waals surface area (Å²) in [6.07, 6.45) is -5.14. The monoisotopic (exact) mass is 404 g/mol. The zero-order valence-electron chi connectivity index (χ0n) is 17.0. The Balaban J connectivity index is 5.93. The van der Waals surface area contributed by atoms with Gasteiger partial charge in [0.05, 0.1) is 6.61 Å². The molecule has 0 aromatic carbocycles. The molecule has 0 bridgehead atoms. The molecule has 0 saturated heterocycles. The SMILES string of the molecule is CC(=O)OC[C@@H](OC(C)=O)[C@H](OC(C)=O)[C@H](OC(C)=O)[C@H](C=O)OCC(C)C. The Hall–Kier alpha value is -2.49. The third-order valence-electron chi connectivity index (χ3n) is 3.14. The van der Waals surface area contributed by atoms with Crippen molar-refractivity contribution in [1.82, 2.24) is 0 Å². The maximum atomic E-state index is 11.6. The molecule has 0 amide bonds. The zero-order chi connectivity index (χ0) is 21.9. The van der Waals surface area contributed by atoms with Crippen molar-refractivity contribution < 1.29 is 47.7 Å². The van der Waals surface area contributed by atoms with Crippen LogP contribution in [0, 0.1) is 5.92 Å². The number of carbonyl (C=O) groups excluding carboxylic acids is 5. The molecule has 0 aromatic heterocycles. The summed E-state index contributed by atoms with van der Waals surface area (Å²) in [5.74, 6) is -2.96. The first kappa shape index (κ1) is 25.5. The smallest absolute Gasteiger partial charge is 0.303 e. The number of carbonyl (C=O) groups is 5. The molecule has 0 heterocycles. The third-order valence-corrected chi connectivity index (χ3v) is 3.14. The molecular formula is C18H28O10. The van der Waals surface area contributed by atoms with Gasteiger partial charge in [-0.15, -0.1) is 0 Å². The summed E-state index contributed by atoms with van der Waals surface area (Å²) in [5.41, 5.74) is 0. The van der Waals surface area contributed by atoms with E-state index in [0.717, 1.165) is 27.7 Å². The fraction of sp³-hybridized carbons (Fsp3) is 0.722. The van der Waals surface area contributed by atoms with Crippen molar-refractivity contribution in [3.05, 3.63) is 0 Å². The standard InChI is InChI=1S/C18H28O10/c1-10(2)8-25-15(7-19)17(27-13(5)22)18(28-14(6)23)16(26-12(4)21)9-24-11(3)20/h7,10,15-18H,8-9H2,1-6H3/t15-,16+,17+,18-/m0/s1. The summed E-state index contributed by atoms with van der Waals surface area (Å²) >= 11 is 0. The van der Waals surface area contributed by atoms with E-state index in [-0.39, 0.29) is 12.5 Å². The lowest BCUT2D eigenvalue weighted by Crippen LogP contribution is -2.53. The van der Waals surface area contributed by atoms with E-state index < -0.39 is 54.9 Å². The lowest BCUT2D eigenvalue weighted by atomic mass is 10.0. The minimum Gasteiger partial charge on any atom is -0.462 e. The Morgan fingerprint density at radius 2 is 1.25 bits per heavy atom. The van der Waals surface area contributed by atoms with E-state index in [2.05, 4.69) is 0 Å². The molecule has 0 radical (unpaired) electrons. The van der Waals surface area contributed by atoms with Gasteiger partial charge in [-0.1, -0.05) is 13.8 Å². The van der Waals surface area contributed by atoms with Gasteiger partial charge in [0, 0.05) is 27.7 Å². The molecule has 160 valence electrons. The molecule has 0 spiro atoms. The summed E-state index contributed by atoms with van der Waals surface area (Å²) in [6, 6.07) is 0. The normalized spacial score (nSPS) is 15.0. The van der Waals surface area contributed by atoms with Gasteiger partial charge in [0.2, 0.25) is 0 Å².